The SMILES string of the molecule is CCN(CC(C)(C)CN)c1cccc(Br)c1C#N. The van der Waals surface area contributed by atoms with E-state index in [1.807, 2.05) is 18.2 Å². The van der Waals surface area contributed by atoms with E-state index in [1.54, 1.807) is 0 Å². The fourth-order valence-corrected chi connectivity index (χ4v) is 2.28. The van der Waals surface area contributed by atoms with Crippen molar-refractivity contribution in [3.63, 3.8) is 0 Å². The van der Waals surface area contributed by atoms with Gasteiger partial charge < -0.3 is 10.6 Å². The fraction of sp³-hybridized carbons (Fsp3) is 0.500. The number of hydrogen-bond donors (Lipinski definition) is 1. The van der Waals surface area contributed by atoms with Gasteiger partial charge in [-0.2, -0.15) is 5.26 Å². The van der Waals surface area contributed by atoms with Crippen molar-refractivity contribution in [1.82, 2.24) is 0 Å². The molecule has 0 heterocycles. The van der Waals surface area contributed by atoms with Crippen LogP contribution in [-0.2, 0) is 0 Å². The number of nitriles is 1. The van der Waals surface area contributed by atoms with Crippen molar-refractivity contribution >= 4 is 21.6 Å². The lowest BCUT2D eigenvalue weighted by atomic mass is 9.92. The lowest BCUT2D eigenvalue weighted by molar-refractivity contribution is 0.379. The van der Waals surface area contributed by atoms with E-state index in [0.29, 0.717) is 12.1 Å². The Kier molecular flexibility index (Phi) is 5.18. The van der Waals surface area contributed by atoms with Crippen molar-refractivity contribution in [2.45, 2.75) is 20.8 Å². The third-order valence-electron chi connectivity index (χ3n) is 3.00. The van der Waals surface area contributed by atoms with E-state index in [-0.39, 0.29) is 5.41 Å². The molecule has 4 heteroatoms. The number of hydrogen-bond acceptors (Lipinski definition) is 3. The Morgan fingerprint density at radius 2 is 2.11 bits per heavy atom. The number of nitrogens with zero attached hydrogens (tertiary/aromatic N) is 2. The molecule has 0 aliphatic carbocycles. The maximum Gasteiger partial charge on any atom is 0.103 e. The van der Waals surface area contributed by atoms with Crippen LogP contribution < -0.4 is 10.6 Å². The maximum atomic E-state index is 9.27. The molecule has 0 aliphatic heterocycles. The summed E-state index contributed by atoms with van der Waals surface area (Å²) in [5.74, 6) is 0. The van der Waals surface area contributed by atoms with Crippen LogP contribution in [0.2, 0.25) is 0 Å². The average Bonchev–Trinajstić information content (AvgIpc) is 2.35. The van der Waals surface area contributed by atoms with Crippen molar-refractivity contribution in [2.75, 3.05) is 24.5 Å². The molecule has 0 aromatic heterocycles. The summed E-state index contributed by atoms with van der Waals surface area (Å²) in [6.45, 7) is 8.69. The lowest BCUT2D eigenvalue weighted by Crippen LogP contribution is -2.39. The number of anilines is 1. The smallest absolute Gasteiger partial charge is 0.103 e. The van der Waals surface area contributed by atoms with Gasteiger partial charge in [0.2, 0.25) is 0 Å². The molecule has 0 spiro atoms. The number of benzene rings is 1. The molecule has 0 saturated heterocycles. The highest BCUT2D eigenvalue weighted by molar-refractivity contribution is 9.10. The van der Waals surface area contributed by atoms with Crippen molar-refractivity contribution in [3.05, 3.63) is 28.2 Å². The van der Waals surface area contributed by atoms with Gasteiger partial charge in [0, 0.05) is 17.6 Å². The van der Waals surface area contributed by atoms with Gasteiger partial charge in [-0.3, -0.25) is 0 Å². The lowest BCUT2D eigenvalue weighted by Gasteiger charge is -2.33. The molecular weight excluding hydrogens is 290 g/mol. The van der Waals surface area contributed by atoms with Crippen LogP contribution in [0.1, 0.15) is 26.3 Å². The summed E-state index contributed by atoms with van der Waals surface area (Å²) in [5.41, 5.74) is 7.48. The van der Waals surface area contributed by atoms with Crippen LogP contribution in [0.25, 0.3) is 0 Å². The second-order valence-electron chi connectivity index (χ2n) is 5.13. The van der Waals surface area contributed by atoms with Crippen LogP contribution >= 0.6 is 15.9 Å². The van der Waals surface area contributed by atoms with Gasteiger partial charge in [0.15, 0.2) is 0 Å². The summed E-state index contributed by atoms with van der Waals surface area (Å²) in [4.78, 5) is 2.20. The minimum absolute atomic E-state index is 0.0328. The molecule has 0 unspecified atom stereocenters. The van der Waals surface area contributed by atoms with Crippen LogP contribution in [0.5, 0.6) is 0 Å². The molecule has 0 aliphatic rings. The summed E-state index contributed by atoms with van der Waals surface area (Å²) in [6, 6.07) is 8.10. The topological polar surface area (TPSA) is 53.0 Å². The van der Waals surface area contributed by atoms with E-state index >= 15 is 0 Å². The van der Waals surface area contributed by atoms with Gasteiger partial charge in [-0.25, -0.2) is 0 Å². The molecule has 0 amide bonds. The maximum absolute atomic E-state index is 9.27. The zero-order chi connectivity index (χ0) is 13.8. The quantitative estimate of drug-likeness (QED) is 0.909. The highest BCUT2D eigenvalue weighted by Gasteiger charge is 2.21. The number of rotatable bonds is 5. The summed E-state index contributed by atoms with van der Waals surface area (Å²) in [5, 5.41) is 9.27. The molecule has 98 valence electrons. The summed E-state index contributed by atoms with van der Waals surface area (Å²) in [7, 11) is 0. The Morgan fingerprint density at radius 1 is 1.44 bits per heavy atom. The molecule has 2 N–H and O–H groups in total. The molecular formula is C14H20BrN3. The van der Waals surface area contributed by atoms with Gasteiger partial charge in [0.25, 0.3) is 0 Å². The number of nitrogens with two attached hydrogens (primary N) is 1. The zero-order valence-corrected chi connectivity index (χ0v) is 12.8. The van der Waals surface area contributed by atoms with E-state index in [2.05, 4.69) is 47.7 Å². The van der Waals surface area contributed by atoms with Crippen LogP contribution in [-0.4, -0.2) is 19.6 Å². The molecule has 1 aromatic rings. The molecule has 0 radical (unpaired) electrons. The molecule has 18 heavy (non-hydrogen) atoms. The minimum atomic E-state index is 0.0328. The van der Waals surface area contributed by atoms with Gasteiger partial charge in [-0.1, -0.05) is 19.9 Å². The normalized spacial score (nSPS) is 11.1. The van der Waals surface area contributed by atoms with E-state index in [0.717, 1.165) is 23.2 Å². The van der Waals surface area contributed by atoms with E-state index in [9.17, 15) is 5.26 Å². The molecule has 1 aromatic carbocycles. The number of halogens is 1. The Hall–Kier alpha value is -1.05. The Labute approximate surface area is 118 Å². The first-order valence-electron chi connectivity index (χ1n) is 6.09. The van der Waals surface area contributed by atoms with Gasteiger partial charge in [-0.15, -0.1) is 0 Å². The minimum Gasteiger partial charge on any atom is -0.370 e. The molecule has 1 rings (SSSR count). The van der Waals surface area contributed by atoms with Crippen LogP contribution in [0, 0.1) is 16.7 Å². The van der Waals surface area contributed by atoms with Crippen molar-refractivity contribution in [2.24, 2.45) is 11.1 Å². The van der Waals surface area contributed by atoms with Crippen molar-refractivity contribution in [1.29, 1.82) is 5.26 Å². The third kappa shape index (κ3) is 3.47. The van der Waals surface area contributed by atoms with Gasteiger partial charge >= 0.3 is 0 Å². The first kappa shape index (κ1) is 15.0. The Morgan fingerprint density at radius 3 is 2.61 bits per heavy atom. The predicted octanol–water partition coefficient (Wildman–Crippen LogP) is 3.13. The van der Waals surface area contributed by atoms with E-state index < -0.39 is 0 Å². The van der Waals surface area contributed by atoms with E-state index in [4.69, 9.17) is 5.73 Å². The van der Waals surface area contributed by atoms with Crippen LogP contribution in [0.3, 0.4) is 0 Å². The van der Waals surface area contributed by atoms with Gasteiger partial charge in [0.1, 0.15) is 6.07 Å². The Bertz CT molecular complexity index is 449. The molecule has 0 fully saturated rings. The molecule has 0 saturated carbocycles. The second-order valence-corrected chi connectivity index (χ2v) is 5.98. The zero-order valence-electron chi connectivity index (χ0n) is 11.2. The summed E-state index contributed by atoms with van der Waals surface area (Å²) in [6.07, 6.45) is 0. The van der Waals surface area contributed by atoms with Gasteiger partial charge in [-0.05, 0) is 46.9 Å². The van der Waals surface area contributed by atoms with Crippen molar-refractivity contribution < 1.29 is 0 Å². The molecule has 3 nitrogen and oxygen atoms in total. The molecule has 0 atom stereocenters. The third-order valence-corrected chi connectivity index (χ3v) is 3.66. The largest absolute Gasteiger partial charge is 0.370 e. The summed E-state index contributed by atoms with van der Waals surface area (Å²) < 4.78 is 0.839. The first-order chi connectivity index (χ1) is 8.45. The fourth-order valence-electron chi connectivity index (χ4n) is 1.84. The van der Waals surface area contributed by atoms with E-state index in [1.165, 1.54) is 0 Å². The Balaban J connectivity index is 3.11. The monoisotopic (exact) mass is 309 g/mol. The standard InChI is InChI=1S/C14H20BrN3/c1-4-18(10-14(2,3)9-17)13-7-5-6-12(15)11(13)8-16/h5-7H,4,9-10,17H2,1-3H3. The predicted molar refractivity (Wildman–Crippen MR) is 79.6 cm³/mol. The highest BCUT2D eigenvalue weighted by atomic mass is 79.9. The van der Waals surface area contributed by atoms with Crippen molar-refractivity contribution in [3.8, 4) is 6.07 Å². The van der Waals surface area contributed by atoms with Crippen LogP contribution in [0.15, 0.2) is 22.7 Å². The van der Waals surface area contributed by atoms with Gasteiger partial charge in [0.05, 0.1) is 11.3 Å². The highest BCUT2D eigenvalue weighted by Crippen LogP contribution is 2.29. The first-order valence-corrected chi connectivity index (χ1v) is 6.88. The second kappa shape index (κ2) is 6.21. The van der Waals surface area contributed by atoms with Crippen LogP contribution in [0.4, 0.5) is 5.69 Å². The summed E-state index contributed by atoms with van der Waals surface area (Å²) >= 11 is 3.43. The molecule has 0 bridgehead atoms. The average molecular weight is 310 g/mol.